The molecule has 0 spiro atoms. The lowest BCUT2D eigenvalue weighted by Crippen LogP contribution is -2.41. The van der Waals surface area contributed by atoms with Crippen molar-refractivity contribution in [1.82, 2.24) is 5.32 Å². The smallest absolute Gasteiger partial charge is 0.119 e. The normalized spacial score (nSPS) is 25.8. The summed E-state index contributed by atoms with van der Waals surface area (Å²) in [5.41, 5.74) is 0. The fourth-order valence-corrected chi connectivity index (χ4v) is 3.23. The quantitative estimate of drug-likeness (QED) is 0.722. The highest BCUT2D eigenvalue weighted by atomic mass is 35.5. The van der Waals surface area contributed by atoms with Gasteiger partial charge in [-0.2, -0.15) is 0 Å². The van der Waals surface area contributed by atoms with Crippen LogP contribution in [0.3, 0.4) is 0 Å². The maximum Gasteiger partial charge on any atom is 0.119 e. The minimum Gasteiger partial charge on any atom is -0.494 e. The van der Waals surface area contributed by atoms with Gasteiger partial charge in [0.25, 0.3) is 0 Å². The van der Waals surface area contributed by atoms with Gasteiger partial charge in [0.2, 0.25) is 0 Å². The maximum absolute atomic E-state index is 5.85. The Balaban J connectivity index is 1.55. The molecule has 0 saturated heterocycles. The van der Waals surface area contributed by atoms with Crippen LogP contribution in [-0.4, -0.2) is 19.2 Å². The van der Waals surface area contributed by atoms with Gasteiger partial charge in [-0.1, -0.05) is 38.3 Å². The van der Waals surface area contributed by atoms with Gasteiger partial charge >= 0.3 is 0 Å². The van der Waals surface area contributed by atoms with Gasteiger partial charge in [0.05, 0.1) is 6.61 Å². The highest BCUT2D eigenvalue weighted by Gasteiger charge is 2.26. The highest BCUT2D eigenvalue weighted by Crippen LogP contribution is 2.29. The molecule has 0 unspecified atom stereocenters. The molecule has 3 heteroatoms. The highest BCUT2D eigenvalue weighted by molar-refractivity contribution is 6.30. The van der Waals surface area contributed by atoms with E-state index in [9.17, 15) is 0 Å². The molecule has 1 fully saturated rings. The van der Waals surface area contributed by atoms with Crippen LogP contribution in [0.15, 0.2) is 24.3 Å². The molecular weight excluding hydrogens is 282 g/mol. The zero-order valence-electron chi connectivity index (χ0n) is 13.3. The average Bonchev–Trinajstić information content (AvgIpc) is 2.49. The van der Waals surface area contributed by atoms with Crippen LogP contribution in [0.25, 0.3) is 0 Å². The lowest BCUT2D eigenvalue weighted by atomic mass is 9.78. The summed E-state index contributed by atoms with van der Waals surface area (Å²) in [6.45, 7) is 6.66. The molecule has 1 aromatic carbocycles. The second kappa shape index (κ2) is 8.65. The van der Waals surface area contributed by atoms with E-state index in [0.29, 0.717) is 6.04 Å². The summed E-state index contributed by atoms with van der Waals surface area (Å²) < 4.78 is 5.70. The zero-order chi connectivity index (χ0) is 15.1. The Morgan fingerprint density at radius 2 is 1.90 bits per heavy atom. The lowest BCUT2D eigenvalue weighted by molar-refractivity contribution is 0.205. The predicted octanol–water partition coefficient (Wildman–Crippen LogP) is 4.91. The van der Waals surface area contributed by atoms with Gasteiger partial charge in [-0.15, -0.1) is 0 Å². The van der Waals surface area contributed by atoms with Crippen molar-refractivity contribution >= 4 is 11.6 Å². The monoisotopic (exact) mass is 309 g/mol. The Labute approximate surface area is 134 Å². The van der Waals surface area contributed by atoms with E-state index in [1.165, 1.54) is 25.7 Å². The van der Waals surface area contributed by atoms with Crippen LogP contribution in [0, 0.1) is 11.8 Å². The number of hydrogen-bond acceptors (Lipinski definition) is 2. The van der Waals surface area contributed by atoms with Crippen molar-refractivity contribution in [2.45, 2.75) is 52.0 Å². The van der Waals surface area contributed by atoms with Gasteiger partial charge in [0, 0.05) is 11.1 Å². The summed E-state index contributed by atoms with van der Waals surface area (Å²) in [5, 5.41) is 4.49. The molecule has 118 valence electrons. The third kappa shape index (κ3) is 5.52. The standard InChI is InChI=1S/C18H28ClNO/c1-14-6-5-7-18(15(14)2)20-12-3-4-13-21-17-10-8-16(19)9-11-17/h8-11,14-15,18,20H,3-7,12-13H2,1-2H3/t14-,15-,18-/m0/s1. The first kappa shape index (κ1) is 16.6. The van der Waals surface area contributed by atoms with Crippen molar-refractivity contribution < 1.29 is 4.74 Å². The summed E-state index contributed by atoms with van der Waals surface area (Å²) in [5.74, 6) is 2.58. The number of rotatable bonds is 7. The first-order valence-electron chi connectivity index (χ1n) is 8.28. The predicted molar refractivity (Wildman–Crippen MR) is 90.2 cm³/mol. The topological polar surface area (TPSA) is 21.3 Å². The number of unbranched alkanes of at least 4 members (excludes halogenated alkanes) is 1. The van der Waals surface area contributed by atoms with E-state index in [4.69, 9.17) is 16.3 Å². The van der Waals surface area contributed by atoms with Crippen LogP contribution in [0.1, 0.15) is 46.0 Å². The molecule has 2 rings (SSSR count). The van der Waals surface area contributed by atoms with Crippen molar-refractivity contribution in [2.24, 2.45) is 11.8 Å². The van der Waals surface area contributed by atoms with Crippen LogP contribution in [-0.2, 0) is 0 Å². The van der Waals surface area contributed by atoms with E-state index in [1.807, 2.05) is 24.3 Å². The summed E-state index contributed by atoms with van der Waals surface area (Å²) in [4.78, 5) is 0. The van der Waals surface area contributed by atoms with E-state index < -0.39 is 0 Å². The van der Waals surface area contributed by atoms with E-state index in [0.717, 1.165) is 42.2 Å². The van der Waals surface area contributed by atoms with Crippen molar-refractivity contribution in [3.8, 4) is 5.75 Å². The third-order valence-electron chi connectivity index (χ3n) is 4.77. The molecule has 1 saturated carbocycles. The van der Waals surface area contributed by atoms with Gasteiger partial charge < -0.3 is 10.1 Å². The molecule has 0 aliphatic heterocycles. The Bertz CT molecular complexity index is 406. The van der Waals surface area contributed by atoms with Gasteiger partial charge in [-0.3, -0.25) is 0 Å². The molecule has 0 heterocycles. The number of halogens is 1. The summed E-state index contributed by atoms with van der Waals surface area (Å²) >= 11 is 5.85. The molecule has 1 aliphatic rings. The van der Waals surface area contributed by atoms with Gasteiger partial charge in [-0.05, 0) is 61.9 Å². The first-order chi connectivity index (χ1) is 10.2. The van der Waals surface area contributed by atoms with E-state index >= 15 is 0 Å². The summed E-state index contributed by atoms with van der Waals surface area (Å²) in [7, 11) is 0. The number of benzene rings is 1. The third-order valence-corrected chi connectivity index (χ3v) is 5.02. The second-order valence-electron chi connectivity index (χ2n) is 6.34. The largest absolute Gasteiger partial charge is 0.494 e. The number of ether oxygens (including phenoxy) is 1. The Hall–Kier alpha value is -0.730. The first-order valence-corrected chi connectivity index (χ1v) is 8.66. The van der Waals surface area contributed by atoms with Crippen LogP contribution in [0.4, 0.5) is 0 Å². The number of hydrogen-bond donors (Lipinski definition) is 1. The van der Waals surface area contributed by atoms with Crippen LogP contribution in [0.5, 0.6) is 5.75 Å². The average molecular weight is 310 g/mol. The van der Waals surface area contributed by atoms with Crippen molar-refractivity contribution in [3.05, 3.63) is 29.3 Å². The van der Waals surface area contributed by atoms with Gasteiger partial charge in [0.1, 0.15) is 5.75 Å². The van der Waals surface area contributed by atoms with E-state index in [-0.39, 0.29) is 0 Å². The zero-order valence-corrected chi connectivity index (χ0v) is 14.0. The fraction of sp³-hybridized carbons (Fsp3) is 0.667. The van der Waals surface area contributed by atoms with Crippen molar-refractivity contribution in [2.75, 3.05) is 13.2 Å². The van der Waals surface area contributed by atoms with E-state index in [2.05, 4.69) is 19.2 Å². The minimum atomic E-state index is 0.714. The lowest BCUT2D eigenvalue weighted by Gasteiger charge is -2.34. The van der Waals surface area contributed by atoms with Crippen LogP contribution in [0.2, 0.25) is 5.02 Å². The number of nitrogens with one attached hydrogen (secondary N) is 1. The van der Waals surface area contributed by atoms with Gasteiger partial charge in [0.15, 0.2) is 0 Å². The van der Waals surface area contributed by atoms with E-state index in [1.54, 1.807) is 0 Å². The van der Waals surface area contributed by atoms with Crippen LogP contribution < -0.4 is 10.1 Å². The maximum atomic E-state index is 5.85. The van der Waals surface area contributed by atoms with Crippen LogP contribution >= 0.6 is 11.6 Å². The summed E-state index contributed by atoms with van der Waals surface area (Å²) in [6, 6.07) is 8.29. The Morgan fingerprint density at radius 1 is 1.14 bits per heavy atom. The van der Waals surface area contributed by atoms with Crippen molar-refractivity contribution in [1.29, 1.82) is 0 Å². The molecule has 0 amide bonds. The molecular formula is C18H28ClNO. The molecule has 0 aromatic heterocycles. The van der Waals surface area contributed by atoms with Crippen molar-refractivity contribution in [3.63, 3.8) is 0 Å². The second-order valence-corrected chi connectivity index (χ2v) is 6.77. The fourth-order valence-electron chi connectivity index (χ4n) is 3.11. The molecule has 1 N–H and O–H groups in total. The SMILES string of the molecule is C[C@@H]1[C@@H](NCCCCOc2ccc(Cl)cc2)CCC[C@@H]1C. The molecule has 0 radical (unpaired) electrons. The molecule has 1 aromatic rings. The minimum absolute atomic E-state index is 0.714. The molecule has 3 atom stereocenters. The molecule has 0 bridgehead atoms. The molecule has 2 nitrogen and oxygen atoms in total. The Morgan fingerprint density at radius 3 is 2.67 bits per heavy atom. The van der Waals surface area contributed by atoms with Gasteiger partial charge in [-0.25, -0.2) is 0 Å². The summed E-state index contributed by atoms with van der Waals surface area (Å²) in [6.07, 6.45) is 6.38. The molecule has 1 aliphatic carbocycles. The molecule has 21 heavy (non-hydrogen) atoms. The Kier molecular flexibility index (Phi) is 6.85.